The SMILES string of the molecule is Cc1ccc2nc(-c3ccc4c(c3)CC(=O)N4C)c(N=O)n2c1. The monoisotopic (exact) mass is 306 g/mol. The van der Waals surface area contributed by atoms with Crippen LogP contribution in [0.5, 0.6) is 0 Å². The van der Waals surface area contributed by atoms with E-state index in [0.717, 1.165) is 22.4 Å². The van der Waals surface area contributed by atoms with E-state index in [1.54, 1.807) is 16.3 Å². The molecule has 0 unspecified atom stereocenters. The molecule has 0 fully saturated rings. The zero-order valence-corrected chi connectivity index (χ0v) is 12.8. The largest absolute Gasteiger partial charge is 0.315 e. The van der Waals surface area contributed by atoms with E-state index in [9.17, 15) is 9.70 Å². The Kier molecular flexibility index (Phi) is 2.81. The summed E-state index contributed by atoms with van der Waals surface area (Å²) in [7, 11) is 1.76. The number of fused-ring (bicyclic) bond motifs is 2. The highest BCUT2D eigenvalue weighted by Gasteiger charge is 2.25. The highest BCUT2D eigenvalue weighted by molar-refractivity contribution is 6.01. The number of anilines is 1. The molecule has 3 heterocycles. The lowest BCUT2D eigenvalue weighted by atomic mass is 10.1. The first-order chi connectivity index (χ1) is 11.1. The van der Waals surface area contributed by atoms with Gasteiger partial charge in [-0.3, -0.25) is 9.20 Å². The maximum atomic E-state index is 11.8. The molecular formula is C17H14N4O2. The van der Waals surface area contributed by atoms with Gasteiger partial charge >= 0.3 is 0 Å². The molecule has 4 rings (SSSR count). The molecule has 3 aromatic rings. The normalized spacial score (nSPS) is 13.7. The molecule has 1 aliphatic rings. The Morgan fingerprint density at radius 2 is 2.04 bits per heavy atom. The molecule has 6 nitrogen and oxygen atoms in total. The van der Waals surface area contributed by atoms with Gasteiger partial charge in [-0.2, -0.15) is 0 Å². The van der Waals surface area contributed by atoms with E-state index < -0.39 is 0 Å². The number of hydrogen-bond donors (Lipinski definition) is 0. The van der Waals surface area contributed by atoms with Gasteiger partial charge in [-0.1, -0.05) is 12.1 Å². The summed E-state index contributed by atoms with van der Waals surface area (Å²) >= 11 is 0. The van der Waals surface area contributed by atoms with Crippen LogP contribution >= 0.6 is 0 Å². The maximum absolute atomic E-state index is 11.8. The number of amides is 1. The van der Waals surface area contributed by atoms with Crippen molar-refractivity contribution in [2.75, 3.05) is 11.9 Å². The third-order valence-corrected chi connectivity index (χ3v) is 4.26. The smallest absolute Gasteiger partial charge is 0.231 e. The van der Waals surface area contributed by atoms with E-state index in [4.69, 9.17) is 0 Å². The average molecular weight is 306 g/mol. The summed E-state index contributed by atoms with van der Waals surface area (Å²) < 4.78 is 1.70. The minimum Gasteiger partial charge on any atom is -0.315 e. The van der Waals surface area contributed by atoms with Gasteiger partial charge in [0.25, 0.3) is 0 Å². The van der Waals surface area contributed by atoms with Gasteiger partial charge in [-0.25, -0.2) is 4.98 Å². The zero-order chi connectivity index (χ0) is 16.1. The van der Waals surface area contributed by atoms with Crippen LogP contribution in [0.1, 0.15) is 11.1 Å². The Morgan fingerprint density at radius 1 is 1.22 bits per heavy atom. The maximum Gasteiger partial charge on any atom is 0.231 e. The lowest BCUT2D eigenvalue weighted by Crippen LogP contribution is -2.20. The minimum atomic E-state index is 0.0662. The van der Waals surface area contributed by atoms with Crippen molar-refractivity contribution in [2.24, 2.45) is 5.18 Å². The van der Waals surface area contributed by atoms with Gasteiger partial charge in [0, 0.05) is 24.5 Å². The van der Waals surface area contributed by atoms with Crippen LogP contribution in [0, 0.1) is 11.8 Å². The van der Waals surface area contributed by atoms with Crippen molar-refractivity contribution >= 4 is 23.1 Å². The molecule has 0 atom stereocenters. The van der Waals surface area contributed by atoms with E-state index in [0.29, 0.717) is 17.8 Å². The number of imidazole rings is 1. The molecule has 0 saturated carbocycles. The minimum absolute atomic E-state index is 0.0662. The van der Waals surface area contributed by atoms with Crippen molar-refractivity contribution in [1.29, 1.82) is 0 Å². The van der Waals surface area contributed by atoms with Crippen molar-refractivity contribution in [3.05, 3.63) is 52.6 Å². The first-order valence-electron chi connectivity index (χ1n) is 7.30. The molecule has 6 heteroatoms. The molecule has 0 spiro atoms. The molecule has 0 N–H and O–H groups in total. The second-order valence-corrected chi connectivity index (χ2v) is 5.78. The first-order valence-corrected chi connectivity index (χ1v) is 7.30. The number of nitroso groups, excluding NO2 is 1. The number of likely N-dealkylation sites (N-methyl/N-ethyl adjacent to an activating group) is 1. The van der Waals surface area contributed by atoms with Crippen LogP contribution in [0.2, 0.25) is 0 Å². The fourth-order valence-corrected chi connectivity index (χ4v) is 3.04. The number of aryl methyl sites for hydroxylation is 1. The van der Waals surface area contributed by atoms with Gasteiger partial charge in [-0.05, 0) is 41.4 Å². The molecule has 1 aromatic carbocycles. The molecule has 1 amide bonds. The highest BCUT2D eigenvalue weighted by Crippen LogP contribution is 2.36. The average Bonchev–Trinajstić information content (AvgIpc) is 3.04. The summed E-state index contributed by atoms with van der Waals surface area (Å²) in [5.74, 6) is 0.345. The van der Waals surface area contributed by atoms with Gasteiger partial charge in [0.1, 0.15) is 11.3 Å². The lowest BCUT2D eigenvalue weighted by molar-refractivity contribution is -0.117. The van der Waals surface area contributed by atoms with Crippen LogP contribution in [0.3, 0.4) is 0 Å². The molecule has 0 aliphatic carbocycles. The Morgan fingerprint density at radius 3 is 2.83 bits per heavy atom. The Labute approximate surface area is 132 Å². The van der Waals surface area contributed by atoms with Crippen LogP contribution in [-0.2, 0) is 11.2 Å². The Bertz CT molecular complexity index is 974. The number of nitrogens with zero attached hydrogens (tertiary/aromatic N) is 4. The summed E-state index contributed by atoms with van der Waals surface area (Å²) in [6.45, 7) is 1.95. The Hall–Kier alpha value is -3.02. The Balaban J connectivity index is 1.92. The molecule has 114 valence electrons. The van der Waals surface area contributed by atoms with E-state index in [2.05, 4.69) is 10.2 Å². The molecule has 0 saturated heterocycles. The first kappa shape index (κ1) is 13.6. The summed E-state index contributed by atoms with van der Waals surface area (Å²) in [6.07, 6.45) is 2.21. The van der Waals surface area contributed by atoms with Gasteiger partial charge in [0.05, 0.1) is 6.42 Å². The van der Waals surface area contributed by atoms with E-state index >= 15 is 0 Å². The van der Waals surface area contributed by atoms with Crippen LogP contribution in [0.15, 0.2) is 41.7 Å². The summed E-state index contributed by atoms with van der Waals surface area (Å²) in [4.78, 5) is 29.3. The van der Waals surface area contributed by atoms with E-state index in [-0.39, 0.29) is 11.7 Å². The quantitative estimate of drug-likeness (QED) is 0.683. The predicted octanol–water partition coefficient (Wildman–Crippen LogP) is 3.23. The second-order valence-electron chi connectivity index (χ2n) is 5.78. The number of carbonyl (C=O) groups is 1. The van der Waals surface area contributed by atoms with E-state index in [1.807, 2.05) is 43.5 Å². The third-order valence-electron chi connectivity index (χ3n) is 4.26. The fraction of sp³-hybridized carbons (Fsp3) is 0.176. The van der Waals surface area contributed by atoms with Gasteiger partial charge in [0.2, 0.25) is 11.7 Å². The zero-order valence-electron chi connectivity index (χ0n) is 12.8. The number of benzene rings is 1. The van der Waals surface area contributed by atoms with Crippen LogP contribution in [-0.4, -0.2) is 22.3 Å². The number of aromatic nitrogens is 2. The number of pyridine rings is 1. The van der Waals surface area contributed by atoms with Crippen molar-refractivity contribution in [2.45, 2.75) is 13.3 Å². The number of carbonyl (C=O) groups excluding carboxylic acids is 1. The van der Waals surface area contributed by atoms with Gasteiger partial charge < -0.3 is 4.90 Å². The highest BCUT2D eigenvalue weighted by atomic mass is 16.3. The van der Waals surface area contributed by atoms with Gasteiger partial charge in [0.15, 0.2) is 0 Å². The van der Waals surface area contributed by atoms with Crippen LogP contribution in [0.25, 0.3) is 16.9 Å². The standard InChI is InChI=1S/C17H14N4O2/c1-10-3-6-14-18-16(17(19-23)21(14)9-10)11-4-5-13-12(7-11)8-15(22)20(13)2/h3-7,9H,8H2,1-2H3. The molecular weight excluding hydrogens is 292 g/mol. The van der Waals surface area contributed by atoms with Crippen molar-refractivity contribution < 1.29 is 4.79 Å². The topological polar surface area (TPSA) is 67.0 Å². The molecule has 0 bridgehead atoms. The van der Waals surface area contributed by atoms with Gasteiger partial charge in [-0.15, -0.1) is 4.91 Å². The predicted molar refractivity (Wildman–Crippen MR) is 87.9 cm³/mol. The number of rotatable bonds is 2. The molecule has 2 aromatic heterocycles. The summed E-state index contributed by atoms with van der Waals surface area (Å²) in [5.41, 5.74) is 4.87. The lowest BCUT2D eigenvalue weighted by Gasteiger charge is -2.10. The fourth-order valence-electron chi connectivity index (χ4n) is 3.04. The molecule has 0 radical (unpaired) electrons. The summed E-state index contributed by atoms with van der Waals surface area (Å²) in [6, 6.07) is 9.48. The molecule has 23 heavy (non-hydrogen) atoms. The second kappa shape index (κ2) is 4.74. The van der Waals surface area contributed by atoms with Crippen molar-refractivity contribution in [3.8, 4) is 11.3 Å². The number of hydrogen-bond acceptors (Lipinski definition) is 4. The van der Waals surface area contributed by atoms with Crippen molar-refractivity contribution in [1.82, 2.24) is 9.38 Å². The third kappa shape index (κ3) is 1.95. The summed E-state index contributed by atoms with van der Waals surface area (Å²) in [5, 5.41) is 3.17. The van der Waals surface area contributed by atoms with Crippen molar-refractivity contribution in [3.63, 3.8) is 0 Å². The molecule has 1 aliphatic heterocycles. The van der Waals surface area contributed by atoms with Crippen LogP contribution in [0.4, 0.5) is 11.5 Å². The van der Waals surface area contributed by atoms with E-state index in [1.165, 1.54) is 0 Å². The van der Waals surface area contributed by atoms with Crippen LogP contribution < -0.4 is 4.90 Å².